The van der Waals surface area contributed by atoms with Crippen LogP contribution in [0.1, 0.15) is 27.2 Å². The molecule has 2 nitrogen and oxygen atoms in total. The van der Waals surface area contributed by atoms with Crippen LogP contribution in [0.5, 0.6) is 0 Å². The van der Waals surface area contributed by atoms with Gasteiger partial charge in [-0.3, -0.25) is 4.79 Å². The minimum Gasteiger partial charge on any atom is -0.349 e. The van der Waals surface area contributed by atoms with Gasteiger partial charge in [0.15, 0.2) is 5.83 Å². The van der Waals surface area contributed by atoms with Crippen molar-refractivity contribution in [2.24, 2.45) is 0 Å². The van der Waals surface area contributed by atoms with Crippen LogP contribution in [0.25, 0.3) is 0 Å². The summed E-state index contributed by atoms with van der Waals surface area (Å²) in [6, 6.07) is 0. The van der Waals surface area contributed by atoms with Crippen LogP contribution in [0, 0.1) is 11.8 Å². The number of carbonyl (C=O) groups excluding carboxylic acids is 1. The lowest BCUT2D eigenvalue weighted by atomic mass is 10.3. The van der Waals surface area contributed by atoms with E-state index < -0.39 is 11.7 Å². The zero-order valence-electron chi connectivity index (χ0n) is 8.20. The third-order valence-electron chi connectivity index (χ3n) is 1.35. The van der Waals surface area contributed by atoms with Crippen LogP contribution in [0.4, 0.5) is 4.39 Å². The van der Waals surface area contributed by atoms with Crippen molar-refractivity contribution < 1.29 is 9.18 Å². The van der Waals surface area contributed by atoms with Gasteiger partial charge in [0.05, 0.1) is 0 Å². The average Bonchev–Trinajstić information content (AvgIpc) is 2.10. The van der Waals surface area contributed by atoms with Gasteiger partial charge in [0.2, 0.25) is 0 Å². The summed E-state index contributed by atoms with van der Waals surface area (Å²) in [7, 11) is 0. The molecule has 0 unspecified atom stereocenters. The lowest BCUT2D eigenvalue weighted by Crippen LogP contribution is -2.24. The summed E-state index contributed by atoms with van der Waals surface area (Å²) in [4.78, 5) is 11.0. The van der Waals surface area contributed by atoms with Crippen molar-refractivity contribution in [2.45, 2.75) is 27.2 Å². The van der Waals surface area contributed by atoms with Gasteiger partial charge in [0.25, 0.3) is 5.91 Å². The molecule has 0 aromatic rings. The quantitative estimate of drug-likeness (QED) is 0.403. The largest absolute Gasteiger partial charge is 0.349 e. The van der Waals surface area contributed by atoms with Gasteiger partial charge in [-0.1, -0.05) is 0 Å². The molecule has 1 amide bonds. The number of carbonyl (C=O) groups is 1. The third-order valence-corrected chi connectivity index (χ3v) is 1.35. The normalized spacial score (nSPS) is 8.31. The standard InChI is InChI=1S/C10H14FNO/c1-4-5-6-7-12-10(13)9(11)8(2)3/h6-7H2,1-3H3,(H,12,13). The maximum absolute atomic E-state index is 12.9. The second kappa shape index (κ2) is 6.24. The molecule has 0 aromatic heterocycles. The Morgan fingerprint density at radius 3 is 2.54 bits per heavy atom. The summed E-state index contributed by atoms with van der Waals surface area (Å²) < 4.78 is 12.9. The number of hydrogen-bond donors (Lipinski definition) is 1. The van der Waals surface area contributed by atoms with E-state index in [0.29, 0.717) is 18.5 Å². The van der Waals surface area contributed by atoms with Crippen LogP contribution in [0.15, 0.2) is 11.4 Å². The van der Waals surface area contributed by atoms with Crippen LogP contribution >= 0.6 is 0 Å². The molecule has 0 rings (SSSR count). The fourth-order valence-electron chi connectivity index (χ4n) is 0.668. The van der Waals surface area contributed by atoms with Crippen molar-refractivity contribution in [3.05, 3.63) is 11.4 Å². The molecule has 0 bridgehead atoms. The number of nitrogens with one attached hydrogen (secondary N) is 1. The fourth-order valence-corrected chi connectivity index (χ4v) is 0.668. The summed E-state index contributed by atoms with van der Waals surface area (Å²) in [5.74, 6) is 4.10. The Labute approximate surface area is 78.2 Å². The van der Waals surface area contributed by atoms with Crippen molar-refractivity contribution >= 4 is 5.91 Å². The zero-order chi connectivity index (χ0) is 10.3. The second-order valence-corrected chi connectivity index (χ2v) is 2.75. The topological polar surface area (TPSA) is 29.1 Å². The Bertz CT molecular complexity index is 266. The molecule has 0 aliphatic rings. The molecule has 0 fully saturated rings. The predicted octanol–water partition coefficient (Wildman–Crippen LogP) is 1.78. The van der Waals surface area contributed by atoms with E-state index in [9.17, 15) is 9.18 Å². The first kappa shape index (κ1) is 11.7. The summed E-state index contributed by atoms with van der Waals surface area (Å²) in [6.45, 7) is 5.22. The fraction of sp³-hybridized carbons (Fsp3) is 0.500. The molecule has 0 aliphatic heterocycles. The van der Waals surface area contributed by atoms with Crippen molar-refractivity contribution in [1.82, 2.24) is 5.32 Å². The van der Waals surface area contributed by atoms with Crippen LogP contribution in [0.2, 0.25) is 0 Å². The maximum Gasteiger partial charge on any atom is 0.279 e. The van der Waals surface area contributed by atoms with Crippen molar-refractivity contribution in [3.63, 3.8) is 0 Å². The molecule has 0 aliphatic carbocycles. The van der Waals surface area contributed by atoms with Crippen molar-refractivity contribution in [3.8, 4) is 11.8 Å². The SMILES string of the molecule is CC#CCCNC(=O)C(F)=C(C)C. The van der Waals surface area contributed by atoms with Gasteiger partial charge in [0.1, 0.15) is 0 Å². The van der Waals surface area contributed by atoms with Crippen molar-refractivity contribution in [1.29, 1.82) is 0 Å². The maximum atomic E-state index is 12.9. The molecule has 3 heteroatoms. The zero-order valence-corrected chi connectivity index (χ0v) is 8.20. The van der Waals surface area contributed by atoms with Gasteiger partial charge < -0.3 is 5.32 Å². The minimum absolute atomic E-state index is 0.388. The predicted molar refractivity (Wildman–Crippen MR) is 50.6 cm³/mol. The van der Waals surface area contributed by atoms with Gasteiger partial charge in [-0.15, -0.1) is 11.8 Å². The lowest BCUT2D eigenvalue weighted by Gasteiger charge is -2.00. The smallest absolute Gasteiger partial charge is 0.279 e. The van der Waals surface area contributed by atoms with E-state index in [2.05, 4.69) is 17.2 Å². The highest BCUT2D eigenvalue weighted by Gasteiger charge is 2.08. The molecule has 0 saturated heterocycles. The highest BCUT2D eigenvalue weighted by atomic mass is 19.1. The van der Waals surface area contributed by atoms with Gasteiger partial charge in [-0.2, -0.15) is 0 Å². The van der Waals surface area contributed by atoms with Crippen LogP contribution in [-0.4, -0.2) is 12.5 Å². The summed E-state index contributed by atoms with van der Waals surface area (Å²) >= 11 is 0. The molecule has 1 N–H and O–H groups in total. The Morgan fingerprint density at radius 1 is 1.46 bits per heavy atom. The third kappa shape index (κ3) is 5.02. The number of rotatable bonds is 3. The molecule has 0 aromatic carbocycles. The Morgan fingerprint density at radius 2 is 2.08 bits per heavy atom. The number of amides is 1. The van der Waals surface area contributed by atoms with E-state index in [0.717, 1.165) is 0 Å². The first-order valence-electron chi connectivity index (χ1n) is 4.10. The average molecular weight is 183 g/mol. The minimum atomic E-state index is -0.704. The summed E-state index contributed by atoms with van der Waals surface area (Å²) in [5.41, 5.74) is 0.388. The summed E-state index contributed by atoms with van der Waals surface area (Å²) in [6.07, 6.45) is 0.554. The van der Waals surface area contributed by atoms with Gasteiger partial charge in [-0.05, 0) is 26.3 Å². The Balaban J connectivity index is 3.87. The number of halogens is 1. The lowest BCUT2D eigenvalue weighted by molar-refractivity contribution is -0.118. The van der Waals surface area contributed by atoms with E-state index in [4.69, 9.17) is 0 Å². The Hall–Kier alpha value is -1.30. The van der Waals surface area contributed by atoms with Gasteiger partial charge in [0, 0.05) is 13.0 Å². The number of hydrogen-bond acceptors (Lipinski definition) is 1. The molecule has 13 heavy (non-hydrogen) atoms. The molecule has 0 atom stereocenters. The molecule has 0 saturated carbocycles. The van der Waals surface area contributed by atoms with Gasteiger partial charge in [-0.25, -0.2) is 4.39 Å². The van der Waals surface area contributed by atoms with E-state index in [1.165, 1.54) is 0 Å². The molecular weight excluding hydrogens is 169 g/mol. The monoisotopic (exact) mass is 183 g/mol. The van der Waals surface area contributed by atoms with E-state index >= 15 is 0 Å². The molecule has 0 heterocycles. The first-order valence-corrected chi connectivity index (χ1v) is 4.10. The highest BCUT2D eigenvalue weighted by Crippen LogP contribution is 2.03. The summed E-state index contributed by atoms with van der Waals surface area (Å²) in [5, 5.41) is 2.42. The Kier molecular flexibility index (Phi) is 5.62. The molecule has 0 spiro atoms. The van der Waals surface area contributed by atoms with E-state index in [1.807, 2.05) is 0 Å². The van der Waals surface area contributed by atoms with Crippen LogP contribution < -0.4 is 5.32 Å². The van der Waals surface area contributed by atoms with Crippen LogP contribution in [-0.2, 0) is 4.79 Å². The molecule has 72 valence electrons. The molecule has 0 radical (unpaired) electrons. The van der Waals surface area contributed by atoms with Crippen molar-refractivity contribution in [2.75, 3.05) is 6.54 Å². The number of allylic oxidation sites excluding steroid dienone is 1. The molecular formula is C10H14FNO. The van der Waals surface area contributed by atoms with E-state index in [-0.39, 0.29) is 0 Å². The second-order valence-electron chi connectivity index (χ2n) is 2.75. The van der Waals surface area contributed by atoms with E-state index in [1.54, 1.807) is 20.8 Å². The highest BCUT2D eigenvalue weighted by molar-refractivity contribution is 5.91. The van der Waals surface area contributed by atoms with Crippen LogP contribution in [0.3, 0.4) is 0 Å². The first-order chi connectivity index (χ1) is 6.09. The van der Waals surface area contributed by atoms with Gasteiger partial charge >= 0.3 is 0 Å².